The number of benzene rings is 2. The first kappa shape index (κ1) is 16.9. The van der Waals surface area contributed by atoms with Crippen LogP contribution in [-0.2, 0) is 0 Å². The molecular weight excluding hydrogens is 346 g/mol. The first-order valence-corrected chi connectivity index (χ1v) is 9.48. The summed E-state index contributed by atoms with van der Waals surface area (Å²) in [4.78, 5) is 9.54. The van der Waals surface area contributed by atoms with Crippen LogP contribution in [0.3, 0.4) is 0 Å². The predicted octanol–water partition coefficient (Wildman–Crippen LogP) is 3.38. The molecule has 1 aliphatic rings. The summed E-state index contributed by atoms with van der Waals surface area (Å²) >= 11 is 1.63. The third kappa shape index (κ3) is 3.40. The minimum absolute atomic E-state index is 0.687. The lowest BCUT2D eigenvalue weighted by Gasteiger charge is -2.34. The molecule has 0 aliphatic carbocycles. The molecule has 1 saturated heterocycles. The van der Waals surface area contributed by atoms with Gasteiger partial charge in [0.15, 0.2) is 5.13 Å². The fraction of sp³-hybridized carbons (Fsp3) is 0.316. The van der Waals surface area contributed by atoms with Crippen molar-refractivity contribution in [2.24, 2.45) is 0 Å². The number of nitrogens with zero attached hydrogens (tertiary/aromatic N) is 3. The molecule has 0 radical (unpaired) electrons. The normalized spacial score (nSPS) is 15.4. The number of rotatable bonds is 4. The Morgan fingerprint density at radius 3 is 2.69 bits per heavy atom. The molecule has 1 fully saturated rings. The van der Waals surface area contributed by atoms with Crippen molar-refractivity contribution in [1.82, 2.24) is 9.88 Å². The topological polar surface area (TPSA) is 66.7 Å². The number of methoxy groups -OCH3 is 1. The first-order chi connectivity index (χ1) is 12.6. The maximum Gasteiger partial charge on any atom is 0.188 e. The Morgan fingerprint density at radius 1 is 1.12 bits per heavy atom. The largest absolute Gasteiger partial charge is 0.495 e. The summed E-state index contributed by atoms with van der Waals surface area (Å²) in [6, 6.07) is 12.1. The van der Waals surface area contributed by atoms with Gasteiger partial charge in [-0.25, -0.2) is 4.98 Å². The molecule has 0 spiro atoms. The van der Waals surface area contributed by atoms with E-state index < -0.39 is 0 Å². The highest BCUT2D eigenvalue weighted by atomic mass is 32.1. The van der Waals surface area contributed by atoms with Crippen molar-refractivity contribution in [3.05, 3.63) is 36.4 Å². The van der Waals surface area contributed by atoms with Crippen LogP contribution >= 0.6 is 11.3 Å². The Balaban J connectivity index is 1.59. The van der Waals surface area contributed by atoms with Crippen LogP contribution in [-0.4, -0.2) is 50.2 Å². The van der Waals surface area contributed by atoms with Gasteiger partial charge in [0.25, 0.3) is 0 Å². The summed E-state index contributed by atoms with van der Waals surface area (Å²) in [6.07, 6.45) is 0. The molecule has 1 aliphatic heterocycles. The first-order valence-electron chi connectivity index (χ1n) is 8.67. The third-order valence-corrected chi connectivity index (χ3v) is 5.66. The Kier molecular flexibility index (Phi) is 4.57. The molecule has 3 aromatic rings. The lowest BCUT2D eigenvalue weighted by atomic mass is 10.2. The minimum atomic E-state index is 0.687. The minimum Gasteiger partial charge on any atom is -0.495 e. The zero-order valence-electron chi connectivity index (χ0n) is 15.0. The second-order valence-electron chi connectivity index (χ2n) is 6.55. The second kappa shape index (κ2) is 7.01. The second-order valence-corrected chi connectivity index (χ2v) is 7.58. The zero-order valence-corrected chi connectivity index (χ0v) is 15.8. The summed E-state index contributed by atoms with van der Waals surface area (Å²) in [5.41, 5.74) is 9.66. The number of anilines is 4. The number of nitrogens with one attached hydrogen (secondary N) is 1. The van der Waals surface area contributed by atoms with E-state index in [0.29, 0.717) is 5.69 Å². The van der Waals surface area contributed by atoms with E-state index in [0.717, 1.165) is 53.0 Å². The van der Waals surface area contributed by atoms with E-state index >= 15 is 0 Å². The molecule has 2 heterocycles. The average molecular weight is 369 g/mol. The molecule has 0 unspecified atom stereocenters. The van der Waals surface area contributed by atoms with Crippen LogP contribution in [0, 0.1) is 0 Å². The quantitative estimate of drug-likeness (QED) is 0.687. The number of piperazine rings is 1. The van der Waals surface area contributed by atoms with Gasteiger partial charge in [0.2, 0.25) is 0 Å². The van der Waals surface area contributed by atoms with E-state index in [1.54, 1.807) is 18.4 Å². The van der Waals surface area contributed by atoms with Gasteiger partial charge in [0.1, 0.15) is 5.75 Å². The monoisotopic (exact) mass is 369 g/mol. The maximum absolute atomic E-state index is 5.90. The van der Waals surface area contributed by atoms with Crippen molar-refractivity contribution in [2.75, 3.05) is 56.3 Å². The third-order valence-electron chi connectivity index (χ3n) is 4.70. The molecule has 0 amide bonds. The number of hydrogen-bond acceptors (Lipinski definition) is 7. The number of likely N-dealkylation sites (N-methyl/N-ethyl adjacent to an activating group) is 1. The molecule has 3 N–H and O–H groups in total. The molecule has 2 aromatic carbocycles. The van der Waals surface area contributed by atoms with E-state index in [4.69, 9.17) is 15.5 Å². The van der Waals surface area contributed by atoms with Gasteiger partial charge in [-0.1, -0.05) is 11.3 Å². The van der Waals surface area contributed by atoms with Gasteiger partial charge in [-0.3, -0.25) is 0 Å². The van der Waals surface area contributed by atoms with Crippen LogP contribution in [0.1, 0.15) is 0 Å². The van der Waals surface area contributed by atoms with Crippen LogP contribution in [0.4, 0.5) is 22.2 Å². The zero-order chi connectivity index (χ0) is 18.1. The van der Waals surface area contributed by atoms with Crippen LogP contribution in [0.15, 0.2) is 36.4 Å². The fourth-order valence-corrected chi connectivity index (χ4v) is 4.03. The number of thiazole rings is 1. The van der Waals surface area contributed by atoms with E-state index in [1.807, 2.05) is 18.2 Å². The van der Waals surface area contributed by atoms with E-state index in [2.05, 4.69) is 40.4 Å². The lowest BCUT2D eigenvalue weighted by molar-refractivity contribution is 0.313. The highest BCUT2D eigenvalue weighted by Gasteiger charge is 2.15. The molecule has 0 saturated carbocycles. The number of aromatic nitrogens is 1. The molecular formula is C19H23N5OS. The number of ether oxygens (including phenoxy) is 1. The Hall–Kier alpha value is -2.51. The van der Waals surface area contributed by atoms with Gasteiger partial charge in [-0.05, 0) is 43.4 Å². The van der Waals surface area contributed by atoms with E-state index in [9.17, 15) is 0 Å². The Morgan fingerprint density at radius 2 is 1.92 bits per heavy atom. The molecule has 136 valence electrons. The molecule has 7 heteroatoms. The Bertz CT molecular complexity index is 917. The number of fused-ring (bicyclic) bond motifs is 1. The number of nitrogen functional groups attached to an aromatic ring is 1. The van der Waals surface area contributed by atoms with Gasteiger partial charge in [0, 0.05) is 37.6 Å². The van der Waals surface area contributed by atoms with Gasteiger partial charge in [-0.15, -0.1) is 0 Å². The molecule has 6 nitrogen and oxygen atoms in total. The summed E-state index contributed by atoms with van der Waals surface area (Å²) in [5, 5.41) is 4.17. The van der Waals surface area contributed by atoms with Crippen LogP contribution in [0.25, 0.3) is 10.2 Å². The number of nitrogens with two attached hydrogens (primary N) is 1. The summed E-state index contributed by atoms with van der Waals surface area (Å²) < 4.78 is 6.56. The van der Waals surface area contributed by atoms with Crippen molar-refractivity contribution < 1.29 is 4.74 Å². The van der Waals surface area contributed by atoms with Crippen molar-refractivity contribution >= 4 is 43.7 Å². The molecule has 1 aromatic heterocycles. The smallest absolute Gasteiger partial charge is 0.188 e. The maximum atomic E-state index is 5.90. The van der Waals surface area contributed by atoms with Gasteiger partial charge in [-0.2, -0.15) is 0 Å². The fourth-order valence-electron chi connectivity index (χ4n) is 3.17. The van der Waals surface area contributed by atoms with Gasteiger partial charge in [0.05, 0.1) is 23.0 Å². The average Bonchev–Trinajstić information content (AvgIpc) is 3.04. The standard InChI is InChI=1S/C19H23N5OS/c1-23-7-9-24(10-8-23)14-4-6-18-16(12-14)22-19(26-18)21-15-11-13(20)3-5-17(15)25-2/h3-6,11-12H,7-10,20H2,1-2H3,(H,21,22). The Labute approximate surface area is 157 Å². The molecule has 0 bridgehead atoms. The van der Waals surface area contributed by atoms with Crippen molar-refractivity contribution in [3.63, 3.8) is 0 Å². The van der Waals surface area contributed by atoms with Crippen molar-refractivity contribution in [2.45, 2.75) is 0 Å². The SMILES string of the molecule is COc1ccc(N)cc1Nc1nc2cc(N3CCN(C)CC3)ccc2s1. The van der Waals surface area contributed by atoms with Crippen LogP contribution in [0.2, 0.25) is 0 Å². The summed E-state index contributed by atoms with van der Waals surface area (Å²) in [5.74, 6) is 0.747. The van der Waals surface area contributed by atoms with Crippen molar-refractivity contribution in [3.8, 4) is 5.75 Å². The van der Waals surface area contributed by atoms with Crippen LogP contribution in [0.5, 0.6) is 5.75 Å². The van der Waals surface area contributed by atoms with Gasteiger partial charge >= 0.3 is 0 Å². The van der Waals surface area contributed by atoms with Gasteiger partial charge < -0.3 is 25.6 Å². The van der Waals surface area contributed by atoms with Crippen LogP contribution < -0.4 is 20.7 Å². The predicted molar refractivity (Wildman–Crippen MR) is 110 cm³/mol. The highest BCUT2D eigenvalue weighted by Crippen LogP contribution is 2.34. The molecule has 26 heavy (non-hydrogen) atoms. The number of hydrogen-bond donors (Lipinski definition) is 2. The highest BCUT2D eigenvalue weighted by molar-refractivity contribution is 7.22. The molecule has 0 atom stereocenters. The van der Waals surface area contributed by atoms with Crippen molar-refractivity contribution in [1.29, 1.82) is 0 Å². The van der Waals surface area contributed by atoms with E-state index in [1.165, 1.54) is 5.69 Å². The lowest BCUT2D eigenvalue weighted by Crippen LogP contribution is -2.44. The van der Waals surface area contributed by atoms with E-state index in [-0.39, 0.29) is 0 Å². The summed E-state index contributed by atoms with van der Waals surface area (Å²) in [6.45, 7) is 4.30. The molecule has 4 rings (SSSR count). The summed E-state index contributed by atoms with van der Waals surface area (Å²) in [7, 11) is 3.82.